The summed E-state index contributed by atoms with van der Waals surface area (Å²) < 4.78 is 11.1. The third kappa shape index (κ3) is 3.96. The number of amides is 3. The van der Waals surface area contributed by atoms with Gasteiger partial charge in [-0.25, -0.2) is 4.90 Å². The molecule has 1 fully saturated rings. The highest BCUT2D eigenvalue weighted by atomic mass is 35.5. The SMILES string of the molecule is CC(OCC1CCCO1)C(=O)Nc1ccc(N2C(=O)c3ccccc3C2=O)c(Cl)c1. The maximum atomic E-state index is 12.6. The van der Waals surface area contributed by atoms with Crippen LogP contribution in [0.3, 0.4) is 0 Å². The number of hydrogen-bond donors (Lipinski definition) is 1. The number of fused-ring (bicyclic) bond motifs is 1. The van der Waals surface area contributed by atoms with E-state index in [0.717, 1.165) is 24.3 Å². The summed E-state index contributed by atoms with van der Waals surface area (Å²) in [6.45, 7) is 2.76. The Morgan fingerprint density at radius 1 is 1.23 bits per heavy atom. The van der Waals surface area contributed by atoms with Crippen LogP contribution in [0.15, 0.2) is 42.5 Å². The van der Waals surface area contributed by atoms with E-state index in [9.17, 15) is 14.4 Å². The molecular weight excluding hydrogens is 408 g/mol. The van der Waals surface area contributed by atoms with Crippen molar-refractivity contribution in [1.29, 1.82) is 0 Å². The largest absolute Gasteiger partial charge is 0.376 e. The summed E-state index contributed by atoms with van der Waals surface area (Å²) in [6.07, 6.45) is 1.31. The molecule has 2 aromatic carbocycles. The Bertz CT molecular complexity index is 968. The molecule has 2 aliphatic rings. The Morgan fingerprint density at radius 2 is 1.93 bits per heavy atom. The van der Waals surface area contributed by atoms with E-state index in [4.69, 9.17) is 21.1 Å². The topological polar surface area (TPSA) is 84.9 Å². The van der Waals surface area contributed by atoms with E-state index in [-0.39, 0.29) is 22.7 Å². The number of benzene rings is 2. The highest BCUT2D eigenvalue weighted by molar-refractivity contribution is 6.40. The Morgan fingerprint density at radius 3 is 2.53 bits per heavy atom. The molecule has 1 N–H and O–H groups in total. The van der Waals surface area contributed by atoms with Gasteiger partial charge in [-0.1, -0.05) is 23.7 Å². The summed E-state index contributed by atoms with van der Waals surface area (Å²) in [5.41, 5.74) is 1.39. The molecule has 3 amide bonds. The average molecular weight is 429 g/mol. The first-order valence-electron chi connectivity index (χ1n) is 9.77. The second-order valence-corrected chi connectivity index (χ2v) is 7.66. The first kappa shape index (κ1) is 20.5. The first-order chi connectivity index (χ1) is 14.5. The molecule has 8 heteroatoms. The van der Waals surface area contributed by atoms with Crippen molar-refractivity contribution >= 4 is 40.7 Å². The maximum absolute atomic E-state index is 12.6. The predicted octanol–water partition coefficient (Wildman–Crippen LogP) is 3.66. The Balaban J connectivity index is 1.43. The van der Waals surface area contributed by atoms with Gasteiger partial charge in [-0.15, -0.1) is 0 Å². The van der Waals surface area contributed by atoms with Crippen molar-refractivity contribution in [2.24, 2.45) is 0 Å². The van der Waals surface area contributed by atoms with Crippen LogP contribution in [0.4, 0.5) is 11.4 Å². The molecule has 0 aromatic heterocycles. The zero-order chi connectivity index (χ0) is 21.3. The summed E-state index contributed by atoms with van der Waals surface area (Å²) in [4.78, 5) is 38.7. The van der Waals surface area contributed by atoms with E-state index in [1.807, 2.05) is 0 Å². The molecule has 0 aliphatic carbocycles. The van der Waals surface area contributed by atoms with Crippen LogP contribution in [-0.2, 0) is 14.3 Å². The minimum Gasteiger partial charge on any atom is -0.376 e. The number of nitrogens with one attached hydrogen (secondary N) is 1. The lowest BCUT2D eigenvalue weighted by Crippen LogP contribution is -2.31. The number of nitrogens with zero attached hydrogens (tertiary/aromatic N) is 1. The maximum Gasteiger partial charge on any atom is 0.266 e. The second kappa shape index (κ2) is 8.55. The zero-order valence-corrected chi connectivity index (χ0v) is 17.1. The van der Waals surface area contributed by atoms with Crippen molar-refractivity contribution in [2.75, 3.05) is 23.4 Å². The van der Waals surface area contributed by atoms with Crippen molar-refractivity contribution in [1.82, 2.24) is 0 Å². The zero-order valence-electron chi connectivity index (χ0n) is 16.4. The van der Waals surface area contributed by atoms with E-state index < -0.39 is 17.9 Å². The van der Waals surface area contributed by atoms with Gasteiger partial charge in [0.25, 0.3) is 17.7 Å². The Labute approximate surface area is 178 Å². The molecule has 2 aliphatic heterocycles. The molecule has 1 saturated heterocycles. The fourth-order valence-corrected chi connectivity index (χ4v) is 3.79. The number of ether oxygens (including phenoxy) is 2. The van der Waals surface area contributed by atoms with Crippen molar-refractivity contribution in [2.45, 2.75) is 32.0 Å². The van der Waals surface area contributed by atoms with Crippen LogP contribution in [0.1, 0.15) is 40.5 Å². The van der Waals surface area contributed by atoms with E-state index in [2.05, 4.69) is 5.32 Å². The lowest BCUT2D eigenvalue weighted by atomic mass is 10.1. The van der Waals surface area contributed by atoms with Crippen LogP contribution in [0, 0.1) is 0 Å². The summed E-state index contributed by atoms with van der Waals surface area (Å²) in [6, 6.07) is 11.3. The minimum absolute atomic E-state index is 0.0358. The highest BCUT2D eigenvalue weighted by Gasteiger charge is 2.37. The Hall–Kier alpha value is -2.74. The van der Waals surface area contributed by atoms with Gasteiger partial charge in [0, 0.05) is 12.3 Å². The summed E-state index contributed by atoms with van der Waals surface area (Å²) in [5, 5.41) is 2.91. The lowest BCUT2D eigenvalue weighted by molar-refractivity contribution is -0.128. The van der Waals surface area contributed by atoms with Gasteiger partial charge < -0.3 is 14.8 Å². The van der Waals surface area contributed by atoms with Crippen LogP contribution in [0.25, 0.3) is 0 Å². The predicted molar refractivity (Wildman–Crippen MR) is 112 cm³/mol. The molecule has 2 atom stereocenters. The molecule has 7 nitrogen and oxygen atoms in total. The molecule has 0 saturated carbocycles. The molecule has 0 spiro atoms. The van der Waals surface area contributed by atoms with E-state index in [1.165, 1.54) is 12.1 Å². The molecule has 30 heavy (non-hydrogen) atoms. The third-order valence-corrected chi connectivity index (χ3v) is 5.48. The number of carbonyl (C=O) groups excluding carboxylic acids is 3. The second-order valence-electron chi connectivity index (χ2n) is 7.26. The highest BCUT2D eigenvalue weighted by Crippen LogP contribution is 2.34. The molecule has 2 heterocycles. The first-order valence-corrected chi connectivity index (χ1v) is 10.1. The van der Waals surface area contributed by atoms with Crippen molar-refractivity contribution in [3.05, 3.63) is 58.6 Å². The summed E-state index contributed by atoms with van der Waals surface area (Å²) in [5.74, 6) is -1.17. The monoisotopic (exact) mass is 428 g/mol. The fourth-order valence-electron chi connectivity index (χ4n) is 3.52. The van der Waals surface area contributed by atoms with Crippen molar-refractivity contribution in [3.63, 3.8) is 0 Å². The smallest absolute Gasteiger partial charge is 0.266 e. The number of imide groups is 1. The molecular formula is C22H21ClN2O5. The number of carbonyl (C=O) groups is 3. The lowest BCUT2D eigenvalue weighted by Gasteiger charge is -2.18. The molecule has 0 radical (unpaired) electrons. The van der Waals surface area contributed by atoms with Gasteiger partial charge in [0.1, 0.15) is 6.10 Å². The number of halogens is 1. The molecule has 2 unspecified atom stereocenters. The van der Waals surface area contributed by atoms with Gasteiger partial charge in [0.2, 0.25) is 0 Å². The molecule has 2 aromatic rings. The van der Waals surface area contributed by atoms with Crippen LogP contribution in [0.2, 0.25) is 5.02 Å². The van der Waals surface area contributed by atoms with Gasteiger partial charge in [-0.05, 0) is 50.1 Å². The third-order valence-electron chi connectivity index (χ3n) is 5.18. The fraction of sp³-hybridized carbons (Fsp3) is 0.318. The number of rotatable bonds is 6. The van der Waals surface area contributed by atoms with Gasteiger partial charge in [-0.2, -0.15) is 0 Å². The van der Waals surface area contributed by atoms with Gasteiger partial charge in [-0.3, -0.25) is 14.4 Å². The van der Waals surface area contributed by atoms with Gasteiger partial charge in [0.15, 0.2) is 0 Å². The quantitative estimate of drug-likeness (QED) is 0.709. The van der Waals surface area contributed by atoms with Crippen LogP contribution in [0.5, 0.6) is 0 Å². The van der Waals surface area contributed by atoms with E-state index >= 15 is 0 Å². The number of hydrogen-bond acceptors (Lipinski definition) is 5. The molecule has 4 rings (SSSR count). The van der Waals surface area contributed by atoms with Gasteiger partial charge in [0.05, 0.1) is 34.5 Å². The summed E-state index contributed by atoms with van der Waals surface area (Å²) in [7, 11) is 0. The minimum atomic E-state index is -0.663. The average Bonchev–Trinajstić information content (AvgIpc) is 3.34. The number of anilines is 2. The summed E-state index contributed by atoms with van der Waals surface area (Å²) >= 11 is 6.35. The molecule has 156 valence electrons. The van der Waals surface area contributed by atoms with Crippen LogP contribution >= 0.6 is 11.6 Å². The van der Waals surface area contributed by atoms with E-state index in [1.54, 1.807) is 37.3 Å². The van der Waals surface area contributed by atoms with Crippen LogP contribution in [-0.4, -0.2) is 43.1 Å². The van der Waals surface area contributed by atoms with Gasteiger partial charge >= 0.3 is 0 Å². The standard InChI is InChI=1S/C22H21ClN2O5/c1-13(30-12-15-5-4-10-29-15)20(26)24-14-8-9-19(18(23)11-14)25-21(27)16-6-2-3-7-17(16)22(25)28/h2-3,6-9,11,13,15H,4-5,10,12H2,1H3,(H,24,26). The van der Waals surface area contributed by atoms with E-state index in [0.29, 0.717) is 23.4 Å². The Kier molecular flexibility index (Phi) is 5.85. The molecule has 0 bridgehead atoms. The van der Waals surface area contributed by atoms with Crippen molar-refractivity contribution < 1.29 is 23.9 Å². The van der Waals surface area contributed by atoms with Crippen molar-refractivity contribution in [3.8, 4) is 0 Å². The van der Waals surface area contributed by atoms with Crippen LogP contribution < -0.4 is 10.2 Å². The normalized spacial score (nSPS) is 19.1.